The van der Waals surface area contributed by atoms with Crippen LogP contribution in [0, 0.1) is 11.6 Å². The molecule has 0 amide bonds. The Kier molecular flexibility index (Phi) is 3.89. The Balaban J connectivity index is 2.29. The summed E-state index contributed by atoms with van der Waals surface area (Å²) in [5, 5.41) is 3.02. The highest BCUT2D eigenvalue weighted by molar-refractivity contribution is 5.45. The summed E-state index contributed by atoms with van der Waals surface area (Å²) in [6, 6.07) is 12.4. The minimum atomic E-state index is -0.589. The fraction of sp³-hybridized carbons (Fsp3) is 0.143. The maximum absolute atomic E-state index is 13.7. The quantitative estimate of drug-likeness (QED) is 0.872. The van der Waals surface area contributed by atoms with E-state index in [1.165, 1.54) is 18.2 Å². The molecule has 0 aliphatic rings. The highest BCUT2D eigenvalue weighted by Crippen LogP contribution is 2.23. The molecule has 0 aliphatic carbocycles. The summed E-state index contributed by atoms with van der Waals surface area (Å²) >= 11 is 0. The molecular weight excluding hydrogens is 234 g/mol. The fourth-order valence-corrected chi connectivity index (χ4v) is 1.83. The molecule has 4 heteroatoms. The first-order valence-electron chi connectivity index (χ1n) is 5.68. The molecule has 2 nitrogen and oxygen atoms in total. The summed E-state index contributed by atoms with van der Waals surface area (Å²) < 4.78 is 27.3. The molecule has 2 aromatic carbocycles. The number of nitrogens with two attached hydrogens (primary N) is 1. The molecule has 18 heavy (non-hydrogen) atoms. The van der Waals surface area contributed by atoms with Gasteiger partial charge in [0.05, 0.1) is 6.04 Å². The van der Waals surface area contributed by atoms with Crippen LogP contribution < -0.4 is 11.1 Å². The van der Waals surface area contributed by atoms with Crippen molar-refractivity contribution in [2.24, 2.45) is 5.73 Å². The third-order valence-corrected chi connectivity index (χ3v) is 2.70. The van der Waals surface area contributed by atoms with Gasteiger partial charge in [-0.05, 0) is 24.3 Å². The molecule has 3 N–H and O–H groups in total. The highest BCUT2D eigenvalue weighted by Gasteiger charge is 2.18. The Morgan fingerprint density at radius 3 is 2.11 bits per heavy atom. The van der Waals surface area contributed by atoms with E-state index in [4.69, 9.17) is 5.73 Å². The fourth-order valence-electron chi connectivity index (χ4n) is 1.83. The lowest BCUT2D eigenvalue weighted by Crippen LogP contribution is -2.22. The Labute approximate surface area is 104 Å². The molecule has 0 bridgehead atoms. The number of rotatable bonds is 4. The van der Waals surface area contributed by atoms with Gasteiger partial charge in [-0.15, -0.1) is 0 Å². The first-order chi connectivity index (χ1) is 8.72. The van der Waals surface area contributed by atoms with Crippen LogP contribution >= 0.6 is 0 Å². The molecule has 0 aliphatic heterocycles. The molecule has 0 heterocycles. The van der Waals surface area contributed by atoms with Crippen LogP contribution in [0.3, 0.4) is 0 Å². The lowest BCUT2D eigenvalue weighted by molar-refractivity contribution is 0.537. The van der Waals surface area contributed by atoms with E-state index in [9.17, 15) is 8.78 Å². The van der Waals surface area contributed by atoms with E-state index in [2.05, 4.69) is 5.32 Å². The maximum Gasteiger partial charge on any atom is 0.131 e. The molecule has 0 aromatic heterocycles. The van der Waals surface area contributed by atoms with Gasteiger partial charge < -0.3 is 11.1 Å². The van der Waals surface area contributed by atoms with Crippen LogP contribution in [-0.4, -0.2) is 6.54 Å². The first kappa shape index (κ1) is 12.5. The van der Waals surface area contributed by atoms with Crippen molar-refractivity contribution >= 4 is 5.69 Å². The highest BCUT2D eigenvalue weighted by atomic mass is 19.1. The van der Waals surface area contributed by atoms with Crippen molar-refractivity contribution in [1.82, 2.24) is 0 Å². The number of anilines is 1. The summed E-state index contributed by atoms with van der Waals surface area (Å²) in [7, 11) is 0. The van der Waals surface area contributed by atoms with E-state index >= 15 is 0 Å². The Morgan fingerprint density at radius 1 is 0.944 bits per heavy atom. The molecule has 94 valence electrons. The van der Waals surface area contributed by atoms with Gasteiger partial charge in [0.15, 0.2) is 0 Å². The third kappa shape index (κ3) is 2.65. The number of hydrogen-bond donors (Lipinski definition) is 2. The van der Waals surface area contributed by atoms with E-state index in [-0.39, 0.29) is 12.1 Å². The van der Waals surface area contributed by atoms with Crippen molar-refractivity contribution in [3.05, 3.63) is 65.7 Å². The van der Waals surface area contributed by atoms with Crippen LogP contribution in [-0.2, 0) is 0 Å². The predicted octanol–water partition coefficient (Wildman–Crippen LogP) is 3.08. The normalized spacial score (nSPS) is 12.2. The third-order valence-electron chi connectivity index (χ3n) is 2.70. The minimum absolute atomic E-state index is 0.0242. The van der Waals surface area contributed by atoms with Gasteiger partial charge in [-0.1, -0.05) is 24.3 Å². The van der Waals surface area contributed by atoms with Gasteiger partial charge in [-0.25, -0.2) is 8.78 Å². The van der Waals surface area contributed by atoms with Crippen LogP contribution in [0.1, 0.15) is 11.6 Å². The zero-order chi connectivity index (χ0) is 13.0. The zero-order valence-electron chi connectivity index (χ0n) is 9.74. The number of para-hydroxylation sites is 1. The van der Waals surface area contributed by atoms with Crippen molar-refractivity contribution in [1.29, 1.82) is 0 Å². The molecule has 1 unspecified atom stereocenters. The number of halogens is 2. The summed E-state index contributed by atoms with van der Waals surface area (Å²) in [5.41, 5.74) is 6.34. The van der Waals surface area contributed by atoms with Gasteiger partial charge in [0, 0.05) is 17.8 Å². The molecule has 0 fully saturated rings. The Bertz CT molecular complexity index is 494. The number of nitrogens with one attached hydrogen (secondary N) is 1. The van der Waals surface area contributed by atoms with Crippen LogP contribution in [0.25, 0.3) is 0 Å². The molecule has 0 spiro atoms. The second kappa shape index (κ2) is 5.60. The number of hydrogen-bond acceptors (Lipinski definition) is 2. The monoisotopic (exact) mass is 248 g/mol. The topological polar surface area (TPSA) is 38.0 Å². The van der Waals surface area contributed by atoms with Gasteiger partial charge in [-0.3, -0.25) is 0 Å². The average molecular weight is 248 g/mol. The van der Waals surface area contributed by atoms with Crippen LogP contribution in [0.4, 0.5) is 14.5 Å². The second-order valence-corrected chi connectivity index (χ2v) is 3.93. The zero-order valence-corrected chi connectivity index (χ0v) is 9.74. The van der Waals surface area contributed by atoms with Gasteiger partial charge >= 0.3 is 0 Å². The molecular formula is C14H14F2N2. The Hall–Kier alpha value is -1.94. The van der Waals surface area contributed by atoms with E-state index in [1.807, 2.05) is 30.3 Å². The molecule has 0 saturated heterocycles. The number of benzene rings is 2. The van der Waals surface area contributed by atoms with Crippen molar-refractivity contribution in [3.8, 4) is 0 Å². The average Bonchev–Trinajstić information content (AvgIpc) is 2.38. The van der Waals surface area contributed by atoms with Crippen LogP contribution in [0.5, 0.6) is 0 Å². The van der Waals surface area contributed by atoms with E-state index in [0.29, 0.717) is 0 Å². The van der Waals surface area contributed by atoms with E-state index in [1.54, 1.807) is 0 Å². The second-order valence-electron chi connectivity index (χ2n) is 3.93. The van der Waals surface area contributed by atoms with Crippen molar-refractivity contribution in [2.45, 2.75) is 6.04 Å². The molecule has 0 radical (unpaired) electrons. The molecule has 2 rings (SSSR count). The summed E-state index contributed by atoms with van der Waals surface area (Å²) in [6.07, 6.45) is 0. The summed E-state index contributed by atoms with van der Waals surface area (Å²) in [6.45, 7) is 0.104. The molecule has 2 aromatic rings. The lowest BCUT2D eigenvalue weighted by atomic mass is 10.1. The summed E-state index contributed by atoms with van der Waals surface area (Å²) in [5.74, 6) is -1.18. The lowest BCUT2D eigenvalue weighted by Gasteiger charge is -2.19. The van der Waals surface area contributed by atoms with Crippen LogP contribution in [0.15, 0.2) is 48.5 Å². The van der Waals surface area contributed by atoms with Gasteiger partial charge in [0.1, 0.15) is 11.6 Å². The van der Waals surface area contributed by atoms with Crippen molar-refractivity contribution in [3.63, 3.8) is 0 Å². The summed E-state index contributed by atoms with van der Waals surface area (Å²) in [4.78, 5) is 0. The Morgan fingerprint density at radius 2 is 1.56 bits per heavy atom. The first-order valence-corrected chi connectivity index (χ1v) is 5.68. The van der Waals surface area contributed by atoms with Gasteiger partial charge in [0.2, 0.25) is 0 Å². The molecule has 0 saturated carbocycles. The maximum atomic E-state index is 13.7. The SMILES string of the molecule is NCC(Nc1ccccc1)c1c(F)cccc1F. The smallest absolute Gasteiger partial charge is 0.131 e. The van der Waals surface area contributed by atoms with Gasteiger partial charge in [0.25, 0.3) is 0 Å². The van der Waals surface area contributed by atoms with E-state index in [0.717, 1.165) is 5.69 Å². The van der Waals surface area contributed by atoms with Crippen molar-refractivity contribution < 1.29 is 8.78 Å². The van der Waals surface area contributed by atoms with Gasteiger partial charge in [-0.2, -0.15) is 0 Å². The standard InChI is InChI=1S/C14H14F2N2/c15-11-7-4-8-12(16)14(11)13(9-17)18-10-5-2-1-3-6-10/h1-8,13,18H,9,17H2. The van der Waals surface area contributed by atoms with E-state index < -0.39 is 17.7 Å². The largest absolute Gasteiger partial charge is 0.377 e. The minimum Gasteiger partial charge on any atom is -0.377 e. The molecule has 1 atom stereocenters. The predicted molar refractivity (Wildman–Crippen MR) is 68.2 cm³/mol. The van der Waals surface area contributed by atoms with Crippen molar-refractivity contribution in [2.75, 3.05) is 11.9 Å². The van der Waals surface area contributed by atoms with Crippen LogP contribution in [0.2, 0.25) is 0 Å².